The van der Waals surface area contributed by atoms with Crippen LogP contribution < -0.4 is 10.1 Å². The Labute approximate surface area is 195 Å². The maximum absolute atomic E-state index is 12.5. The Morgan fingerprint density at radius 2 is 1.85 bits per heavy atom. The van der Waals surface area contributed by atoms with E-state index in [2.05, 4.69) is 21.3 Å². The molecule has 174 valence electrons. The number of piperidine rings is 1. The van der Waals surface area contributed by atoms with Gasteiger partial charge < -0.3 is 15.0 Å². The molecule has 0 spiro atoms. The molecule has 1 aliphatic carbocycles. The summed E-state index contributed by atoms with van der Waals surface area (Å²) < 4.78 is 6.16. The van der Waals surface area contributed by atoms with E-state index in [1.807, 2.05) is 47.5 Å². The number of ether oxygens (including phenoxy) is 1. The molecule has 3 fully saturated rings. The first-order valence-corrected chi connectivity index (χ1v) is 12.1. The van der Waals surface area contributed by atoms with Gasteiger partial charge in [0, 0.05) is 62.9 Å². The molecule has 5 rings (SSSR count). The topological polar surface area (TPSA) is 74.8 Å². The van der Waals surface area contributed by atoms with Crippen molar-refractivity contribution in [1.82, 2.24) is 20.1 Å². The van der Waals surface area contributed by atoms with Crippen molar-refractivity contribution >= 4 is 11.8 Å². The lowest BCUT2D eigenvalue weighted by Crippen LogP contribution is -2.38. The van der Waals surface area contributed by atoms with Crippen LogP contribution in [0, 0.1) is 5.92 Å². The van der Waals surface area contributed by atoms with Crippen molar-refractivity contribution in [3.63, 3.8) is 0 Å². The zero-order chi connectivity index (χ0) is 22.6. The number of pyridine rings is 1. The molecule has 1 aromatic heterocycles. The Hall–Kier alpha value is -2.93. The third-order valence-corrected chi connectivity index (χ3v) is 6.84. The highest BCUT2D eigenvalue weighted by Crippen LogP contribution is 2.32. The number of benzene rings is 1. The van der Waals surface area contributed by atoms with E-state index in [1.165, 1.54) is 0 Å². The lowest BCUT2D eigenvalue weighted by Gasteiger charge is -2.31. The second kappa shape index (κ2) is 9.91. The van der Waals surface area contributed by atoms with E-state index in [0.29, 0.717) is 24.6 Å². The van der Waals surface area contributed by atoms with E-state index in [-0.39, 0.29) is 23.8 Å². The Kier molecular flexibility index (Phi) is 6.58. The molecule has 2 amide bonds. The molecule has 2 aromatic rings. The summed E-state index contributed by atoms with van der Waals surface area (Å²) in [6.45, 7) is 4.18. The quantitative estimate of drug-likeness (QED) is 0.672. The number of carbonyl (C=O) groups excluding carboxylic acids is 2. The molecular weight excluding hydrogens is 416 g/mol. The van der Waals surface area contributed by atoms with Gasteiger partial charge in [-0.25, -0.2) is 0 Å². The molecule has 1 atom stereocenters. The molecule has 1 aromatic carbocycles. The normalized spacial score (nSPS) is 21.9. The molecule has 3 heterocycles. The zero-order valence-electron chi connectivity index (χ0n) is 19.0. The van der Waals surface area contributed by atoms with Crippen LogP contribution in [0.25, 0.3) is 0 Å². The van der Waals surface area contributed by atoms with E-state index in [0.717, 1.165) is 63.3 Å². The van der Waals surface area contributed by atoms with Crippen molar-refractivity contribution in [2.75, 3.05) is 26.2 Å². The summed E-state index contributed by atoms with van der Waals surface area (Å²) in [5.41, 5.74) is 1.72. The fourth-order valence-electron chi connectivity index (χ4n) is 4.81. The number of likely N-dealkylation sites (tertiary alicyclic amines) is 2. The Balaban J connectivity index is 1.04. The minimum Gasteiger partial charge on any atom is -0.490 e. The minimum atomic E-state index is -0.0956. The van der Waals surface area contributed by atoms with E-state index in [9.17, 15) is 9.59 Å². The van der Waals surface area contributed by atoms with Gasteiger partial charge in [0.1, 0.15) is 11.9 Å². The number of hydrogen-bond donors (Lipinski definition) is 1. The minimum absolute atomic E-state index is 0.0956. The van der Waals surface area contributed by atoms with E-state index in [1.54, 1.807) is 0 Å². The standard InChI is InChI=1S/C26H32N4O3/c31-25-15-19(17-30(25)22-6-7-22)16-28-26(32)20-4-8-23(9-5-20)33-24-10-13-29(14-11-24)18-21-3-1-2-12-27-21/h1-5,8-9,12,19,22,24H,6-7,10-11,13-18H2,(H,28,32)/t19-/m1/s1. The molecule has 1 N–H and O–H groups in total. The number of nitrogens with one attached hydrogen (secondary N) is 1. The number of hydrogen-bond acceptors (Lipinski definition) is 5. The summed E-state index contributed by atoms with van der Waals surface area (Å²) in [4.78, 5) is 33.4. The average molecular weight is 449 g/mol. The van der Waals surface area contributed by atoms with Crippen LogP contribution in [0.15, 0.2) is 48.7 Å². The number of aromatic nitrogens is 1. The first kappa shape index (κ1) is 21.9. The van der Waals surface area contributed by atoms with Crippen molar-refractivity contribution in [2.24, 2.45) is 5.92 Å². The van der Waals surface area contributed by atoms with Gasteiger partial charge in [0.2, 0.25) is 5.91 Å². The summed E-state index contributed by atoms with van der Waals surface area (Å²) >= 11 is 0. The monoisotopic (exact) mass is 448 g/mol. The van der Waals surface area contributed by atoms with Crippen LogP contribution in [0.3, 0.4) is 0 Å². The maximum atomic E-state index is 12.5. The maximum Gasteiger partial charge on any atom is 0.251 e. The van der Waals surface area contributed by atoms with E-state index in [4.69, 9.17) is 4.74 Å². The van der Waals surface area contributed by atoms with Crippen molar-refractivity contribution in [2.45, 2.75) is 50.8 Å². The van der Waals surface area contributed by atoms with Gasteiger partial charge >= 0.3 is 0 Å². The highest BCUT2D eigenvalue weighted by Gasteiger charge is 2.39. The Morgan fingerprint density at radius 1 is 1.06 bits per heavy atom. The summed E-state index contributed by atoms with van der Waals surface area (Å²) in [5, 5.41) is 3.00. The van der Waals surface area contributed by atoms with Crippen LogP contribution in [0.2, 0.25) is 0 Å². The average Bonchev–Trinajstić information content (AvgIpc) is 3.62. The summed E-state index contributed by atoms with van der Waals surface area (Å²) in [7, 11) is 0. The second-order valence-electron chi connectivity index (χ2n) is 9.50. The fraction of sp³-hybridized carbons (Fsp3) is 0.500. The number of nitrogens with zero attached hydrogens (tertiary/aromatic N) is 3. The lowest BCUT2D eigenvalue weighted by molar-refractivity contribution is -0.128. The smallest absolute Gasteiger partial charge is 0.251 e. The van der Waals surface area contributed by atoms with Gasteiger partial charge in [-0.1, -0.05) is 6.07 Å². The first-order chi connectivity index (χ1) is 16.1. The molecule has 0 bridgehead atoms. The van der Waals surface area contributed by atoms with Gasteiger partial charge in [0.25, 0.3) is 5.91 Å². The van der Waals surface area contributed by atoms with Gasteiger partial charge in [-0.05, 0) is 62.1 Å². The van der Waals surface area contributed by atoms with E-state index >= 15 is 0 Å². The molecule has 3 aliphatic rings. The molecule has 0 radical (unpaired) electrons. The molecule has 0 unspecified atom stereocenters. The van der Waals surface area contributed by atoms with Crippen LogP contribution >= 0.6 is 0 Å². The van der Waals surface area contributed by atoms with Crippen molar-refractivity contribution in [1.29, 1.82) is 0 Å². The van der Waals surface area contributed by atoms with Gasteiger partial charge in [0.15, 0.2) is 0 Å². The molecule has 2 saturated heterocycles. The lowest BCUT2D eigenvalue weighted by atomic mass is 10.1. The Bertz CT molecular complexity index is 953. The van der Waals surface area contributed by atoms with Crippen LogP contribution in [0.4, 0.5) is 0 Å². The van der Waals surface area contributed by atoms with Gasteiger partial charge in [-0.3, -0.25) is 19.5 Å². The molecule has 7 nitrogen and oxygen atoms in total. The van der Waals surface area contributed by atoms with Crippen molar-refractivity contribution in [3.8, 4) is 5.75 Å². The molecule has 7 heteroatoms. The molecular formula is C26H32N4O3. The third kappa shape index (κ3) is 5.71. The predicted molar refractivity (Wildman–Crippen MR) is 125 cm³/mol. The summed E-state index contributed by atoms with van der Waals surface area (Å²) in [6, 6.07) is 13.9. The second-order valence-corrected chi connectivity index (χ2v) is 9.50. The predicted octanol–water partition coefficient (Wildman–Crippen LogP) is 2.87. The van der Waals surface area contributed by atoms with Crippen LogP contribution in [-0.4, -0.2) is 64.9 Å². The first-order valence-electron chi connectivity index (χ1n) is 12.1. The highest BCUT2D eigenvalue weighted by molar-refractivity contribution is 5.94. The molecule has 2 aliphatic heterocycles. The van der Waals surface area contributed by atoms with Crippen LogP contribution in [-0.2, 0) is 11.3 Å². The van der Waals surface area contributed by atoms with Crippen LogP contribution in [0.1, 0.15) is 48.2 Å². The number of amides is 2. The van der Waals surface area contributed by atoms with E-state index < -0.39 is 0 Å². The number of rotatable bonds is 8. The SMILES string of the molecule is O=C(NC[C@H]1CC(=O)N(C2CC2)C1)c1ccc(OC2CCN(Cc3ccccn3)CC2)cc1. The summed E-state index contributed by atoms with van der Waals surface area (Å²) in [5.74, 6) is 1.16. The van der Waals surface area contributed by atoms with Crippen molar-refractivity contribution in [3.05, 3.63) is 59.9 Å². The van der Waals surface area contributed by atoms with Crippen LogP contribution in [0.5, 0.6) is 5.75 Å². The number of carbonyl (C=O) groups is 2. The Morgan fingerprint density at radius 3 is 2.55 bits per heavy atom. The molecule has 1 saturated carbocycles. The largest absolute Gasteiger partial charge is 0.490 e. The third-order valence-electron chi connectivity index (χ3n) is 6.84. The zero-order valence-corrected chi connectivity index (χ0v) is 19.0. The van der Waals surface area contributed by atoms with Gasteiger partial charge in [-0.15, -0.1) is 0 Å². The fourth-order valence-corrected chi connectivity index (χ4v) is 4.81. The van der Waals surface area contributed by atoms with Gasteiger partial charge in [-0.2, -0.15) is 0 Å². The summed E-state index contributed by atoms with van der Waals surface area (Å²) in [6.07, 6.45) is 6.80. The molecule has 33 heavy (non-hydrogen) atoms. The van der Waals surface area contributed by atoms with Crippen molar-refractivity contribution < 1.29 is 14.3 Å². The highest BCUT2D eigenvalue weighted by atomic mass is 16.5. The van der Waals surface area contributed by atoms with Gasteiger partial charge in [0.05, 0.1) is 5.69 Å².